The van der Waals surface area contributed by atoms with Crippen molar-refractivity contribution in [1.82, 2.24) is 4.98 Å². The van der Waals surface area contributed by atoms with E-state index in [0.29, 0.717) is 5.69 Å². The van der Waals surface area contributed by atoms with Crippen molar-refractivity contribution in [1.29, 1.82) is 5.26 Å². The largest absolute Gasteiger partial charge is 0.284 e. The van der Waals surface area contributed by atoms with Gasteiger partial charge in [0.25, 0.3) is 0 Å². The minimum absolute atomic E-state index is 0.517. The molecule has 1 N–H and O–H groups in total. The molecule has 0 unspecified atom stereocenters. The quantitative estimate of drug-likeness (QED) is 0.804. The van der Waals surface area contributed by atoms with Crippen molar-refractivity contribution in [2.45, 2.75) is 32.1 Å². The van der Waals surface area contributed by atoms with Gasteiger partial charge in [-0.05, 0) is 43.4 Å². The molecule has 1 aliphatic rings. The molecule has 2 aromatic rings. The van der Waals surface area contributed by atoms with Crippen molar-refractivity contribution in [3.8, 4) is 17.3 Å². The molecule has 1 heterocycles. The maximum absolute atomic E-state index is 11.3. The number of sulfonamides is 1. The maximum Gasteiger partial charge on any atom is 0.229 e. The Labute approximate surface area is 152 Å². The van der Waals surface area contributed by atoms with E-state index in [9.17, 15) is 13.7 Å². The Morgan fingerprint density at radius 3 is 2.48 bits per heavy atom. The van der Waals surface area contributed by atoms with Crippen LogP contribution in [0.25, 0.3) is 16.8 Å². The lowest BCUT2D eigenvalue weighted by Gasteiger charge is -2.14. The van der Waals surface area contributed by atoms with E-state index in [1.807, 2.05) is 17.5 Å². The van der Waals surface area contributed by atoms with Crippen molar-refractivity contribution in [3.63, 3.8) is 0 Å². The second kappa shape index (κ2) is 7.38. The molecule has 3 rings (SSSR count). The third-order valence-electron chi connectivity index (χ3n) is 4.12. The second-order valence-electron chi connectivity index (χ2n) is 6.14. The lowest BCUT2D eigenvalue weighted by molar-refractivity contribution is 0.601. The molecule has 1 aromatic heterocycles. The molecule has 1 aliphatic carbocycles. The van der Waals surface area contributed by atoms with Crippen LogP contribution in [0.2, 0.25) is 0 Å². The summed E-state index contributed by atoms with van der Waals surface area (Å²) < 4.78 is 25.0. The van der Waals surface area contributed by atoms with E-state index >= 15 is 0 Å². The first-order valence-corrected chi connectivity index (χ1v) is 10.9. The average molecular weight is 374 g/mol. The standard InChI is InChI=1S/C18H19N3O2S2/c1-25(22,23)21-15-9-7-14(8-10-15)17-12-24-18(20-17)16(11-19)13-5-3-2-4-6-13/h7-10,12,21H,2-6H2,1H3. The molecular formula is C18H19N3O2S2. The summed E-state index contributed by atoms with van der Waals surface area (Å²) in [5.41, 5.74) is 4.17. The Morgan fingerprint density at radius 1 is 1.20 bits per heavy atom. The van der Waals surface area contributed by atoms with Crippen molar-refractivity contribution in [3.05, 3.63) is 40.2 Å². The van der Waals surface area contributed by atoms with Gasteiger partial charge in [-0.3, -0.25) is 4.72 Å². The minimum atomic E-state index is -3.28. The first kappa shape index (κ1) is 17.6. The van der Waals surface area contributed by atoms with Crippen LogP contribution in [-0.2, 0) is 10.0 Å². The van der Waals surface area contributed by atoms with Crippen molar-refractivity contribution >= 4 is 32.6 Å². The van der Waals surface area contributed by atoms with Gasteiger partial charge < -0.3 is 0 Å². The van der Waals surface area contributed by atoms with Crippen molar-refractivity contribution in [2.75, 3.05) is 11.0 Å². The van der Waals surface area contributed by atoms with Gasteiger partial charge in [0.1, 0.15) is 11.1 Å². The van der Waals surface area contributed by atoms with E-state index in [1.165, 1.54) is 23.3 Å². The van der Waals surface area contributed by atoms with Crippen LogP contribution in [0.3, 0.4) is 0 Å². The van der Waals surface area contributed by atoms with Gasteiger partial charge in [0.2, 0.25) is 10.0 Å². The maximum atomic E-state index is 11.3. The normalized spacial score (nSPS) is 14.8. The van der Waals surface area contributed by atoms with Crippen molar-refractivity contribution in [2.24, 2.45) is 0 Å². The predicted octanol–water partition coefficient (Wildman–Crippen LogP) is 4.42. The molecule has 0 aliphatic heterocycles. The molecule has 25 heavy (non-hydrogen) atoms. The number of benzene rings is 1. The van der Waals surface area contributed by atoms with Crippen LogP contribution in [0.4, 0.5) is 5.69 Å². The summed E-state index contributed by atoms with van der Waals surface area (Å²) in [6, 6.07) is 9.41. The van der Waals surface area contributed by atoms with Crippen LogP contribution < -0.4 is 4.72 Å². The van der Waals surface area contributed by atoms with Gasteiger partial charge >= 0.3 is 0 Å². The lowest BCUT2D eigenvalue weighted by atomic mass is 9.91. The zero-order valence-electron chi connectivity index (χ0n) is 13.9. The van der Waals surface area contributed by atoms with Gasteiger partial charge in [-0.2, -0.15) is 5.26 Å². The van der Waals surface area contributed by atoms with Crippen LogP contribution in [-0.4, -0.2) is 19.7 Å². The van der Waals surface area contributed by atoms with E-state index in [2.05, 4.69) is 15.8 Å². The van der Waals surface area contributed by atoms with Gasteiger partial charge in [0, 0.05) is 16.6 Å². The zero-order chi connectivity index (χ0) is 17.9. The first-order valence-electron chi connectivity index (χ1n) is 8.12. The Hall–Kier alpha value is -2.17. The molecule has 1 saturated carbocycles. The van der Waals surface area contributed by atoms with Gasteiger partial charge in [-0.1, -0.05) is 18.6 Å². The van der Waals surface area contributed by atoms with Gasteiger partial charge in [-0.25, -0.2) is 13.4 Å². The molecule has 7 heteroatoms. The number of aromatic nitrogens is 1. The number of nitrogens with one attached hydrogen (secondary N) is 1. The van der Waals surface area contributed by atoms with E-state index in [-0.39, 0.29) is 0 Å². The molecular weight excluding hydrogens is 354 g/mol. The van der Waals surface area contributed by atoms with E-state index in [4.69, 9.17) is 0 Å². The number of nitrogens with zero attached hydrogens (tertiary/aromatic N) is 2. The lowest BCUT2D eigenvalue weighted by Crippen LogP contribution is -2.09. The molecule has 0 atom stereocenters. The van der Waals surface area contributed by atoms with Gasteiger partial charge in [0.15, 0.2) is 0 Å². The SMILES string of the molecule is CS(=O)(=O)Nc1ccc(-c2csc(C(C#N)=C3CCCCC3)n2)cc1. The van der Waals surface area contributed by atoms with Crippen LogP contribution in [0.15, 0.2) is 35.2 Å². The number of hydrogen-bond donors (Lipinski definition) is 1. The molecule has 0 bridgehead atoms. The average Bonchev–Trinajstić information content (AvgIpc) is 3.05. The summed E-state index contributed by atoms with van der Waals surface area (Å²) in [5.74, 6) is 0. The highest BCUT2D eigenvalue weighted by atomic mass is 32.2. The summed E-state index contributed by atoms with van der Waals surface area (Å²) in [6.07, 6.45) is 6.63. The highest BCUT2D eigenvalue weighted by Crippen LogP contribution is 2.33. The molecule has 130 valence electrons. The summed E-state index contributed by atoms with van der Waals surface area (Å²) in [4.78, 5) is 4.63. The van der Waals surface area contributed by atoms with Crippen LogP contribution >= 0.6 is 11.3 Å². The Kier molecular flexibility index (Phi) is 5.21. The van der Waals surface area contributed by atoms with Crippen molar-refractivity contribution < 1.29 is 8.42 Å². The molecule has 0 amide bonds. The highest BCUT2D eigenvalue weighted by Gasteiger charge is 2.16. The fourth-order valence-corrected chi connectivity index (χ4v) is 4.39. The summed E-state index contributed by atoms with van der Waals surface area (Å²) in [6.45, 7) is 0. The fraction of sp³-hybridized carbons (Fsp3) is 0.333. The fourth-order valence-electron chi connectivity index (χ4n) is 2.95. The number of rotatable bonds is 4. The first-order chi connectivity index (χ1) is 12.0. The summed E-state index contributed by atoms with van der Waals surface area (Å²) >= 11 is 1.48. The molecule has 1 fully saturated rings. The summed E-state index contributed by atoms with van der Waals surface area (Å²) in [7, 11) is -3.28. The number of nitriles is 1. The smallest absolute Gasteiger partial charge is 0.229 e. The molecule has 5 nitrogen and oxygen atoms in total. The zero-order valence-corrected chi connectivity index (χ0v) is 15.6. The minimum Gasteiger partial charge on any atom is -0.284 e. The third-order valence-corrected chi connectivity index (χ3v) is 5.59. The number of allylic oxidation sites excluding steroid dienone is 2. The van der Waals surface area contributed by atoms with E-state index in [1.54, 1.807) is 12.1 Å². The van der Waals surface area contributed by atoms with Crippen LogP contribution in [0, 0.1) is 11.3 Å². The van der Waals surface area contributed by atoms with E-state index in [0.717, 1.165) is 53.8 Å². The van der Waals surface area contributed by atoms with Crippen LogP contribution in [0.1, 0.15) is 37.1 Å². The second-order valence-corrected chi connectivity index (χ2v) is 8.75. The van der Waals surface area contributed by atoms with Gasteiger partial charge in [0.05, 0.1) is 17.5 Å². The Bertz CT molecular complexity index is 927. The van der Waals surface area contributed by atoms with Gasteiger partial charge in [-0.15, -0.1) is 11.3 Å². The monoisotopic (exact) mass is 373 g/mol. The molecule has 0 radical (unpaired) electrons. The topological polar surface area (TPSA) is 82.9 Å². The number of hydrogen-bond acceptors (Lipinski definition) is 5. The Morgan fingerprint density at radius 2 is 1.88 bits per heavy atom. The summed E-state index contributed by atoms with van der Waals surface area (Å²) in [5, 5.41) is 12.3. The highest BCUT2D eigenvalue weighted by molar-refractivity contribution is 7.92. The third kappa shape index (κ3) is 4.47. The molecule has 1 aromatic carbocycles. The molecule has 0 spiro atoms. The van der Waals surface area contributed by atoms with Crippen LogP contribution in [0.5, 0.6) is 0 Å². The Balaban J connectivity index is 1.85. The van der Waals surface area contributed by atoms with E-state index < -0.39 is 10.0 Å². The molecule has 0 saturated heterocycles. The number of thiazole rings is 1. The number of anilines is 1. The predicted molar refractivity (Wildman–Crippen MR) is 102 cm³/mol.